The second-order valence-corrected chi connectivity index (χ2v) is 9.80. The highest BCUT2D eigenvalue weighted by Crippen LogP contribution is 2.69. The van der Waals surface area contributed by atoms with Gasteiger partial charge in [0.2, 0.25) is 0 Å². The number of nitrogens with zero attached hydrogens (tertiary/aromatic N) is 4. The number of hydrogen-bond donors (Lipinski definition) is 3. The van der Waals surface area contributed by atoms with E-state index in [0.717, 1.165) is 28.7 Å². The summed E-state index contributed by atoms with van der Waals surface area (Å²) in [6, 6.07) is 6.48. The number of nitrogens with two attached hydrogens (primary N) is 1. The topological polar surface area (TPSA) is 110 Å². The van der Waals surface area contributed by atoms with Gasteiger partial charge in [-0.25, -0.2) is 19.3 Å². The lowest BCUT2D eigenvalue weighted by Gasteiger charge is -2.24. The average Bonchev–Trinajstić information content (AvgIpc) is 3.27. The second kappa shape index (κ2) is 7.09. The maximum Gasteiger partial charge on any atom is 0.143 e. The molecule has 2 aliphatic rings. The number of aromatic nitrogens is 4. The van der Waals surface area contributed by atoms with Crippen LogP contribution >= 0.6 is 11.6 Å². The van der Waals surface area contributed by atoms with Crippen molar-refractivity contribution in [2.24, 2.45) is 11.3 Å². The fourth-order valence-corrected chi connectivity index (χ4v) is 6.00. The number of aliphatic hydroxyl groups is 2. The zero-order chi connectivity index (χ0) is 23.1. The van der Waals surface area contributed by atoms with E-state index in [2.05, 4.69) is 15.0 Å². The number of pyridine rings is 1. The molecule has 5 atom stereocenters. The number of rotatable bonds is 4. The highest BCUT2D eigenvalue weighted by Gasteiger charge is 2.70. The molecule has 0 radical (unpaired) electrons. The molecule has 2 saturated carbocycles. The molecular weight excluding hydrogens is 445 g/mol. The maximum absolute atomic E-state index is 14.7. The van der Waals surface area contributed by atoms with E-state index in [0.29, 0.717) is 23.7 Å². The lowest BCUT2D eigenvalue weighted by molar-refractivity contribution is -0.0191. The van der Waals surface area contributed by atoms with Crippen LogP contribution in [0.5, 0.6) is 0 Å². The van der Waals surface area contributed by atoms with Gasteiger partial charge >= 0.3 is 0 Å². The lowest BCUT2D eigenvalue weighted by atomic mass is 9.91. The highest BCUT2D eigenvalue weighted by molar-refractivity contribution is 6.33. The Morgan fingerprint density at radius 2 is 2.06 bits per heavy atom. The molecule has 0 spiro atoms. The van der Waals surface area contributed by atoms with Gasteiger partial charge in [0.15, 0.2) is 0 Å². The van der Waals surface area contributed by atoms with Gasteiger partial charge in [-0.05, 0) is 61.9 Å². The standard InChI is InChI=1S/C24H23ClFN5O2/c1-11-13-3-5-31(23(13)29-10-28-11)19-15-9-24(15,21(33)20(19)32)4-2-12-6-17(26)14-8-16(25)22(27)30-18(14)7-12/h3,5-8,10,15,19-21,32-33H,2,4,9H2,1H3,(H2,27,30)/t15-,19-,20+,21+,24-/m1/s1. The van der Waals surface area contributed by atoms with Crippen molar-refractivity contribution >= 4 is 39.4 Å². The fraction of sp³-hybridized carbons (Fsp3) is 0.375. The van der Waals surface area contributed by atoms with Crippen molar-refractivity contribution in [2.45, 2.75) is 44.4 Å². The number of aryl methyl sites for hydroxylation is 2. The molecule has 3 heterocycles. The van der Waals surface area contributed by atoms with E-state index < -0.39 is 23.4 Å². The monoisotopic (exact) mass is 467 g/mol. The van der Waals surface area contributed by atoms with Crippen molar-refractivity contribution in [2.75, 3.05) is 5.73 Å². The largest absolute Gasteiger partial charge is 0.390 e. The van der Waals surface area contributed by atoms with Crippen LogP contribution in [0.2, 0.25) is 5.02 Å². The third-order valence-electron chi connectivity index (χ3n) is 7.69. The first-order valence-corrected chi connectivity index (χ1v) is 11.4. The van der Waals surface area contributed by atoms with Crippen LogP contribution in [0.1, 0.15) is 30.1 Å². The van der Waals surface area contributed by atoms with Crippen molar-refractivity contribution in [3.05, 3.63) is 58.9 Å². The van der Waals surface area contributed by atoms with Crippen LogP contribution in [0.15, 0.2) is 36.8 Å². The van der Waals surface area contributed by atoms with E-state index in [1.807, 2.05) is 29.8 Å². The molecule has 0 saturated heterocycles. The van der Waals surface area contributed by atoms with Crippen LogP contribution in [0.4, 0.5) is 10.2 Å². The first-order valence-electron chi connectivity index (χ1n) is 11.0. The van der Waals surface area contributed by atoms with Gasteiger partial charge in [-0.3, -0.25) is 0 Å². The highest BCUT2D eigenvalue weighted by atomic mass is 35.5. The zero-order valence-electron chi connectivity index (χ0n) is 17.9. The molecule has 170 valence electrons. The summed E-state index contributed by atoms with van der Waals surface area (Å²) >= 11 is 5.99. The van der Waals surface area contributed by atoms with Crippen LogP contribution < -0.4 is 5.73 Å². The summed E-state index contributed by atoms with van der Waals surface area (Å²) < 4.78 is 16.7. The minimum atomic E-state index is -0.897. The molecule has 0 aliphatic heterocycles. The summed E-state index contributed by atoms with van der Waals surface area (Å²) in [7, 11) is 0. The van der Waals surface area contributed by atoms with Crippen molar-refractivity contribution in [3.8, 4) is 0 Å². The molecule has 9 heteroatoms. The van der Waals surface area contributed by atoms with Gasteiger partial charge < -0.3 is 20.5 Å². The molecule has 6 rings (SSSR count). The Morgan fingerprint density at radius 1 is 1.24 bits per heavy atom. The van der Waals surface area contributed by atoms with Gasteiger partial charge in [0.05, 0.1) is 28.4 Å². The molecule has 0 bridgehead atoms. The number of anilines is 1. The number of halogens is 2. The van der Waals surface area contributed by atoms with Crippen LogP contribution in [0.25, 0.3) is 21.9 Å². The fourth-order valence-electron chi connectivity index (χ4n) is 5.85. The number of benzene rings is 1. The van der Waals surface area contributed by atoms with E-state index in [1.165, 1.54) is 18.5 Å². The van der Waals surface area contributed by atoms with E-state index in [-0.39, 0.29) is 22.8 Å². The number of hydrogen-bond acceptors (Lipinski definition) is 6. The zero-order valence-corrected chi connectivity index (χ0v) is 18.7. The van der Waals surface area contributed by atoms with Crippen LogP contribution in [-0.4, -0.2) is 41.9 Å². The Balaban J connectivity index is 1.28. The predicted molar refractivity (Wildman–Crippen MR) is 123 cm³/mol. The van der Waals surface area contributed by atoms with Gasteiger partial charge in [0.1, 0.15) is 29.7 Å². The summed E-state index contributed by atoms with van der Waals surface area (Å²) in [5.41, 5.74) is 8.26. The molecule has 2 fully saturated rings. The SMILES string of the molecule is Cc1ncnc2c1ccn2[C@H]1[C@H](O)[C@H](O)[C@]2(CCc3cc(F)c4cc(Cl)c(N)nc4c3)C[C@H]12. The lowest BCUT2D eigenvalue weighted by Crippen LogP contribution is -2.34. The van der Waals surface area contributed by atoms with Crippen molar-refractivity contribution in [3.63, 3.8) is 0 Å². The van der Waals surface area contributed by atoms with E-state index in [4.69, 9.17) is 17.3 Å². The summed E-state index contributed by atoms with van der Waals surface area (Å²) in [6.07, 6.45) is 3.68. The summed E-state index contributed by atoms with van der Waals surface area (Å²) in [6.45, 7) is 1.93. The molecule has 33 heavy (non-hydrogen) atoms. The van der Waals surface area contributed by atoms with Gasteiger partial charge in [0.25, 0.3) is 0 Å². The van der Waals surface area contributed by atoms with E-state index in [9.17, 15) is 14.6 Å². The van der Waals surface area contributed by atoms with Crippen LogP contribution in [0, 0.1) is 24.1 Å². The van der Waals surface area contributed by atoms with Crippen molar-refractivity contribution in [1.82, 2.24) is 19.5 Å². The first-order chi connectivity index (χ1) is 15.8. The average molecular weight is 468 g/mol. The summed E-state index contributed by atoms with van der Waals surface area (Å²) in [4.78, 5) is 12.9. The number of aliphatic hydroxyl groups excluding tert-OH is 2. The molecule has 4 aromatic rings. The molecule has 2 aliphatic carbocycles. The normalized spacial score (nSPS) is 28.5. The van der Waals surface area contributed by atoms with Gasteiger partial charge in [-0.15, -0.1) is 0 Å². The summed E-state index contributed by atoms with van der Waals surface area (Å²) in [5.74, 6) is -0.122. The Bertz CT molecular complexity index is 1430. The Kier molecular flexibility index (Phi) is 4.46. The Labute approximate surface area is 194 Å². The summed E-state index contributed by atoms with van der Waals surface area (Å²) in [5, 5.41) is 23.5. The maximum atomic E-state index is 14.7. The van der Waals surface area contributed by atoms with E-state index in [1.54, 1.807) is 0 Å². The number of fused-ring (bicyclic) bond motifs is 3. The molecule has 0 unspecified atom stereocenters. The smallest absolute Gasteiger partial charge is 0.143 e. The Morgan fingerprint density at radius 3 is 2.88 bits per heavy atom. The van der Waals surface area contributed by atoms with Crippen molar-refractivity contribution < 1.29 is 14.6 Å². The van der Waals surface area contributed by atoms with Gasteiger partial charge in [-0.1, -0.05) is 11.6 Å². The van der Waals surface area contributed by atoms with E-state index >= 15 is 0 Å². The minimum absolute atomic E-state index is 0.117. The molecule has 4 N–H and O–H groups in total. The van der Waals surface area contributed by atoms with Crippen LogP contribution in [0.3, 0.4) is 0 Å². The molecule has 7 nitrogen and oxygen atoms in total. The Hall–Kier alpha value is -2.81. The number of nitrogen functional groups attached to an aromatic ring is 1. The van der Waals surface area contributed by atoms with Crippen LogP contribution in [-0.2, 0) is 6.42 Å². The van der Waals surface area contributed by atoms with Crippen molar-refractivity contribution in [1.29, 1.82) is 0 Å². The van der Waals surface area contributed by atoms with Gasteiger partial charge in [0, 0.05) is 22.4 Å². The second-order valence-electron chi connectivity index (χ2n) is 9.39. The first kappa shape index (κ1) is 20.8. The molecule has 0 amide bonds. The quantitative estimate of drug-likeness (QED) is 0.423. The minimum Gasteiger partial charge on any atom is -0.390 e. The third kappa shape index (κ3) is 2.97. The predicted octanol–water partition coefficient (Wildman–Crippen LogP) is 3.58. The molecule has 3 aromatic heterocycles. The van der Waals surface area contributed by atoms with Gasteiger partial charge in [-0.2, -0.15) is 0 Å². The molecule has 1 aromatic carbocycles. The molecular formula is C24H23ClFN5O2. The third-order valence-corrected chi connectivity index (χ3v) is 7.99.